The summed E-state index contributed by atoms with van der Waals surface area (Å²) >= 11 is 0. The molecule has 2 aliphatic rings. The standard InChI is InChI=1S/C17H32N2O3/c20-12-10-16(14-6-2-1-3-7-14)19-17(21)18-11-9-15-8-4-5-13-22-15/h14-16,20H,1-13H2,(H2,18,19,21). The lowest BCUT2D eigenvalue weighted by atomic mass is 9.83. The van der Waals surface area contributed by atoms with Crippen molar-refractivity contribution in [1.82, 2.24) is 10.6 Å². The minimum absolute atomic E-state index is 0.0974. The van der Waals surface area contributed by atoms with Crippen molar-refractivity contribution in [2.24, 2.45) is 5.92 Å². The Kier molecular flexibility index (Phi) is 8.02. The Balaban J connectivity index is 1.66. The molecule has 0 aromatic heterocycles. The van der Waals surface area contributed by atoms with Gasteiger partial charge in [0.15, 0.2) is 0 Å². The molecular formula is C17H32N2O3. The lowest BCUT2D eigenvalue weighted by molar-refractivity contribution is 0.0119. The molecule has 2 amide bonds. The lowest BCUT2D eigenvalue weighted by Gasteiger charge is -2.30. The largest absolute Gasteiger partial charge is 0.396 e. The van der Waals surface area contributed by atoms with E-state index in [4.69, 9.17) is 4.74 Å². The molecule has 5 heteroatoms. The first-order chi connectivity index (χ1) is 10.8. The van der Waals surface area contributed by atoms with Crippen molar-refractivity contribution in [2.45, 2.75) is 76.4 Å². The Labute approximate surface area is 134 Å². The molecule has 0 aromatic rings. The highest BCUT2D eigenvalue weighted by molar-refractivity contribution is 5.74. The van der Waals surface area contributed by atoms with Gasteiger partial charge in [-0.25, -0.2) is 4.79 Å². The summed E-state index contributed by atoms with van der Waals surface area (Å²) in [6.45, 7) is 1.65. The quantitative estimate of drug-likeness (QED) is 0.676. The van der Waals surface area contributed by atoms with Gasteiger partial charge in [-0.15, -0.1) is 0 Å². The normalized spacial score (nSPS) is 24.7. The second-order valence-electron chi connectivity index (χ2n) is 6.69. The molecule has 5 nitrogen and oxygen atoms in total. The smallest absolute Gasteiger partial charge is 0.315 e. The number of hydrogen-bond donors (Lipinski definition) is 3. The number of amides is 2. The first-order valence-corrected chi connectivity index (χ1v) is 9.06. The number of ether oxygens (including phenoxy) is 1. The highest BCUT2D eigenvalue weighted by Gasteiger charge is 2.24. The molecule has 0 radical (unpaired) electrons. The van der Waals surface area contributed by atoms with Gasteiger partial charge >= 0.3 is 6.03 Å². The topological polar surface area (TPSA) is 70.6 Å². The zero-order chi connectivity index (χ0) is 15.6. The molecule has 2 fully saturated rings. The molecule has 2 unspecified atom stereocenters. The number of carbonyl (C=O) groups excluding carboxylic acids is 1. The van der Waals surface area contributed by atoms with Crippen molar-refractivity contribution < 1.29 is 14.6 Å². The second-order valence-corrected chi connectivity index (χ2v) is 6.69. The van der Waals surface area contributed by atoms with E-state index in [1.165, 1.54) is 38.5 Å². The summed E-state index contributed by atoms with van der Waals surface area (Å²) in [4.78, 5) is 12.1. The Morgan fingerprint density at radius 1 is 1.14 bits per heavy atom. The summed E-state index contributed by atoms with van der Waals surface area (Å²) in [5.74, 6) is 0.522. The third kappa shape index (κ3) is 6.13. The Morgan fingerprint density at radius 2 is 1.91 bits per heavy atom. The van der Waals surface area contributed by atoms with E-state index in [1.807, 2.05) is 0 Å². The Hall–Kier alpha value is -0.810. The van der Waals surface area contributed by atoms with Crippen LogP contribution in [0.15, 0.2) is 0 Å². The molecule has 1 heterocycles. The predicted octanol–water partition coefficient (Wildman–Crippen LogP) is 2.58. The lowest BCUT2D eigenvalue weighted by Crippen LogP contribution is -2.47. The molecule has 1 saturated heterocycles. The Morgan fingerprint density at radius 3 is 2.59 bits per heavy atom. The molecule has 1 aliphatic carbocycles. The maximum absolute atomic E-state index is 12.1. The van der Waals surface area contributed by atoms with Crippen molar-refractivity contribution in [3.05, 3.63) is 0 Å². The van der Waals surface area contributed by atoms with E-state index in [1.54, 1.807) is 0 Å². The molecule has 1 saturated carbocycles. The monoisotopic (exact) mass is 312 g/mol. The fourth-order valence-corrected chi connectivity index (χ4v) is 3.70. The Bertz CT molecular complexity index is 313. The fourth-order valence-electron chi connectivity index (χ4n) is 3.70. The van der Waals surface area contributed by atoms with Crippen LogP contribution in [0.2, 0.25) is 0 Å². The van der Waals surface area contributed by atoms with E-state index in [0.717, 1.165) is 25.9 Å². The maximum Gasteiger partial charge on any atom is 0.315 e. The zero-order valence-electron chi connectivity index (χ0n) is 13.7. The van der Waals surface area contributed by atoms with Crippen LogP contribution < -0.4 is 10.6 Å². The van der Waals surface area contributed by atoms with Gasteiger partial charge in [0, 0.05) is 25.8 Å². The van der Waals surface area contributed by atoms with E-state index >= 15 is 0 Å². The van der Waals surface area contributed by atoms with Crippen molar-refractivity contribution in [1.29, 1.82) is 0 Å². The van der Waals surface area contributed by atoms with Gasteiger partial charge in [-0.2, -0.15) is 0 Å². The van der Waals surface area contributed by atoms with Crippen LogP contribution in [0.5, 0.6) is 0 Å². The summed E-state index contributed by atoms with van der Waals surface area (Å²) in [6.07, 6.45) is 11.5. The summed E-state index contributed by atoms with van der Waals surface area (Å²) in [7, 11) is 0. The first kappa shape index (κ1) is 17.5. The molecule has 1 aliphatic heterocycles. The molecule has 22 heavy (non-hydrogen) atoms. The SMILES string of the molecule is O=C(NCCC1CCCCO1)NC(CCO)C1CCCCC1. The van der Waals surface area contributed by atoms with Gasteiger partial charge in [0.25, 0.3) is 0 Å². The van der Waals surface area contributed by atoms with Crippen molar-refractivity contribution in [2.75, 3.05) is 19.8 Å². The molecule has 3 N–H and O–H groups in total. The summed E-state index contributed by atoms with van der Waals surface area (Å²) < 4.78 is 5.67. The summed E-state index contributed by atoms with van der Waals surface area (Å²) in [6, 6.07) is 0.0102. The highest BCUT2D eigenvalue weighted by Crippen LogP contribution is 2.27. The highest BCUT2D eigenvalue weighted by atomic mass is 16.5. The number of carbonyl (C=O) groups is 1. The number of aliphatic hydroxyl groups excluding tert-OH is 1. The summed E-state index contributed by atoms with van der Waals surface area (Å²) in [5, 5.41) is 15.3. The van der Waals surface area contributed by atoms with Crippen LogP contribution >= 0.6 is 0 Å². The van der Waals surface area contributed by atoms with Crippen molar-refractivity contribution in [3.63, 3.8) is 0 Å². The van der Waals surface area contributed by atoms with Crippen molar-refractivity contribution in [3.8, 4) is 0 Å². The van der Waals surface area contributed by atoms with Crippen LogP contribution in [-0.2, 0) is 4.74 Å². The van der Waals surface area contributed by atoms with Gasteiger partial charge in [-0.1, -0.05) is 19.3 Å². The van der Waals surface area contributed by atoms with Gasteiger partial charge in [0.1, 0.15) is 0 Å². The molecule has 0 spiro atoms. The van der Waals surface area contributed by atoms with E-state index < -0.39 is 0 Å². The predicted molar refractivity (Wildman–Crippen MR) is 86.8 cm³/mol. The fraction of sp³-hybridized carbons (Fsp3) is 0.941. The number of nitrogens with one attached hydrogen (secondary N) is 2. The third-order valence-corrected chi connectivity index (χ3v) is 5.00. The average Bonchev–Trinajstić information content (AvgIpc) is 2.56. The molecule has 0 bridgehead atoms. The molecule has 0 aromatic carbocycles. The number of hydrogen-bond acceptors (Lipinski definition) is 3. The molecule has 2 atom stereocenters. The average molecular weight is 312 g/mol. The van der Waals surface area contributed by atoms with E-state index in [9.17, 15) is 9.90 Å². The molecule has 2 rings (SSSR count). The molecular weight excluding hydrogens is 280 g/mol. The van der Waals surface area contributed by atoms with Gasteiger partial charge in [0.2, 0.25) is 0 Å². The van der Waals surface area contributed by atoms with E-state index in [-0.39, 0.29) is 18.7 Å². The van der Waals surface area contributed by atoms with Gasteiger partial charge in [-0.3, -0.25) is 0 Å². The van der Waals surface area contributed by atoms with Crippen LogP contribution in [0.3, 0.4) is 0 Å². The van der Waals surface area contributed by atoms with Crippen LogP contribution in [0, 0.1) is 5.92 Å². The van der Waals surface area contributed by atoms with Crippen LogP contribution in [-0.4, -0.2) is 43.0 Å². The minimum Gasteiger partial charge on any atom is -0.396 e. The van der Waals surface area contributed by atoms with Gasteiger partial charge in [0.05, 0.1) is 6.10 Å². The minimum atomic E-state index is -0.0974. The van der Waals surface area contributed by atoms with Gasteiger partial charge < -0.3 is 20.5 Å². The van der Waals surface area contributed by atoms with Crippen LogP contribution in [0.4, 0.5) is 4.79 Å². The van der Waals surface area contributed by atoms with E-state index in [0.29, 0.717) is 25.0 Å². The van der Waals surface area contributed by atoms with E-state index in [2.05, 4.69) is 10.6 Å². The second kappa shape index (κ2) is 10.1. The number of aliphatic hydroxyl groups is 1. The first-order valence-electron chi connectivity index (χ1n) is 9.06. The van der Waals surface area contributed by atoms with Crippen LogP contribution in [0.25, 0.3) is 0 Å². The van der Waals surface area contributed by atoms with Gasteiger partial charge in [-0.05, 0) is 50.9 Å². The zero-order valence-corrected chi connectivity index (χ0v) is 13.7. The number of urea groups is 1. The third-order valence-electron chi connectivity index (χ3n) is 5.00. The van der Waals surface area contributed by atoms with Crippen molar-refractivity contribution >= 4 is 6.03 Å². The summed E-state index contributed by atoms with van der Waals surface area (Å²) in [5.41, 5.74) is 0. The van der Waals surface area contributed by atoms with Crippen LogP contribution in [0.1, 0.15) is 64.2 Å². The maximum atomic E-state index is 12.1. The number of rotatable bonds is 7. The molecule has 128 valence electrons.